The quantitative estimate of drug-likeness (QED) is 0.918. The molecule has 2 aliphatic rings. The van der Waals surface area contributed by atoms with Gasteiger partial charge in [-0.25, -0.2) is 0 Å². The van der Waals surface area contributed by atoms with Crippen LogP contribution in [0.4, 0.5) is 0 Å². The lowest BCUT2D eigenvalue weighted by Gasteiger charge is -2.48. The average molecular weight is 325 g/mol. The fraction of sp³-hybridized carbons (Fsp3) is 0.625. The molecule has 0 amide bonds. The van der Waals surface area contributed by atoms with Gasteiger partial charge in [0.1, 0.15) is 0 Å². The summed E-state index contributed by atoms with van der Waals surface area (Å²) >= 11 is 3.44. The molecular formula is C16H21BrO2. The van der Waals surface area contributed by atoms with Crippen molar-refractivity contribution in [3.63, 3.8) is 0 Å². The molecule has 1 saturated heterocycles. The third-order valence-electron chi connectivity index (χ3n) is 4.70. The van der Waals surface area contributed by atoms with E-state index in [0.29, 0.717) is 5.92 Å². The van der Waals surface area contributed by atoms with E-state index in [9.17, 15) is 5.11 Å². The highest BCUT2D eigenvalue weighted by atomic mass is 79.9. The Kier molecular flexibility index (Phi) is 3.97. The van der Waals surface area contributed by atoms with Crippen molar-refractivity contribution < 1.29 is 9.84 Å². The molecule has 3 heteroatoms. The Balaban J connectivity index is 1.60. The Labute approximate surface area is 123 Å². The van der Waals surface area contributed by atoms with Crippen LogP contribution in [0.25, 0.3) is 0 Å². The Morgan fingerprint density at radius 1 is 1.32 bits per heavy atom. The van der Waals surface area contributed by atoms with Crippen molar-refractivity contribution in [2.45, 2.75) is 50.2 Å². The third kappa shape index (κ3) is 3.04. The fourth-order valence-electron chi connectivity index (χ4n) is 3.34. The molecule has 2 unspecified atom stereocenters. The van der Waals surface area contributed by atoms with E-state index >= 15 is 0 Å². The third-order valence-corrected chi connectivity index (χ3v) is 5.23. The van der Waals surface area contributed by atoms with Crippen LogP contribution in [0.5, 0.6) is 0 Å². The summed E-state index contributed by atoms with van der Waals surface area (Å²) in [6.45, 7) is 0.821. The van der Waals surface area contributed by atoms with Gasteiger partial charge >= 0.3 is 0 Å². The average Bonchev–Trinajstić information content (AvgIpc) is 2.40. The van der Waals surface area contributed by atoms with Gasteiger partial charge < -0.3 is 9.84 Å². The van der Waals surface area contributed by atoms with Crippen LogP contribution in [0.15, 0.2) is 28.7 Å². The second-order valence-corrected chi connectivity index (χ2v) is 6.95. The normalized spacial score (nSPS) is 26.9. The molecule has 104 valence electrons. The van der Waals surface area contributed by atoms with Crippen molar-refractivity contribution >= 4 is 15.9 Å². The maximum absolute atomic E-state index is 10.5. The Bertz CT molecular complexity index is 425. The van der Waals surface area contributed by atoms with Crippen LogP contribution >= 0.6 is 15.9 Å². The van der Waals surface area contributed by atoms with E-state index in [1.165, 1.54) is 24.8 Å². The summed E-state index contributed by atoms with van der Waals surface area (Å²) in [5.41, 5.74) is 1.34. The van der Waals surface area contributed by atoms with Gasteiger partial charge in [0, 0.05) is 11.1 Å². The zero-order valence-electron chi connectivity index (χ0n) is 11.1. The van der Waals surface area contributed by atoms with E-state index in [1.54, 1.807) is 0 Å². The summed E-state index contributed by atoms with van der Waals surface area (Å²) in [7, 11) is 0. The van der Waals surface area contributed by atoms with Crippen molar-refractivity contribution in [3.05, 3.63) is 34.3 Å². The smallest absolute Gasteiger partial charge is 0.0686 e. The van der Waals surface area contributed by atoms with Gasteiger partial charge in [-0.1, -0.05) is 28.1 Å². The number of halogens is 1. The molecule has 1 saturated carbocycles. The van der Waals surface area contributed by atoms with Crippen LogP contribution in [0.2, 0.25) is 0 Å². The monoisotopic (exact) mass is 324 g/mol. The van der Waals surface area contributed by atoms with Crippen LogP contribution in [0, 0.1) is 5.92 Å². The van der Waals surface area contributed by atoms with E-state index in [-0.39, 0.29) is 11.7 Å². The van der Waals surface area contributed by atoms with E-state index < -0.39 is 0 Å². The summed E-state index contributed by atoms with van der Waals surface area (Å²) in [5.74, 6) is 0.401. The molecule has 1 N–H and O–H groups in total. The van der Waals surface area contributed by atoms with E-state index in [0.717, 1.165) is 30.3 Å². The molecule has 0 bridgehead atoms. The first-order chi connectivity index (χ1) is 9.17. The van der Waals surface area contributed by atoms with Gasteiger partial charge in [0.25, 0.3) is 0 Å². The first-order valence-corrected chi connectivity index (χ1v) is 8.03. The number of ether oxygens (including phenoxy) is 1. The second-order valence-electron chi connectivity index (χ2n) is 6.04. The van der Waals surface area contributed by atoms with Gasteiger partial charge in [-0.3, -0.25) is 0 Å². The largest absolute Gasteiger partial charge is 0.392 e. The predicted octanol–water partition coefficient (Wildman–Crippen LogP) is 3.70. The molecule has 1 spiro atoms. The zero-order valence-corrected chi connectivity index (χ0v) is 12.7. The Morgan fingerprint density at radius 3 is 2.68 bits per heavy atom. The van der Waals surface area contributed by atoms with Crippen molar-refractivity contribution in [2.75, 3.05) is 6.61 Å². The lowest BCUT2D eigenvalue weighted by atomic mass is 9.70. The first kappa shape index (κ1) is 13.6. The summed E-state index contributed by atoms with van der Waals surface area (Å²) in [6.07, 6.45) is 6.24. The number of aliphatic hydroxyl groups excluding tert-OH is 1. The number of hydrogen-bond donors (Lipinski definition) is 1. The molecule has 0 radical (unpaired) electrons. The van der Waals surface area contributed by atoms with E-state index in [4.69, 9.17) is 4.74 Å². The summed E-state index contributed by atoms with van der Waals surface area (Å²) in [4.78, 5) is 0. The number of hydrogen-bond acceptors (Lipinski definition) is 2. The van der Waals surface area contributed by atoms with Gasteiger partial charge in [0.15, 0.2) is 0 Å². The maximum Gasteiger partial charge on any atom is 0.0686 e. The van der Waals surface area contributed by atoms with Crippen molar-refractivity contribution in [3.8, 4) is 0 Å². The summed E-state index contributed by atoms with van der Waals surface area (Å²) in [5, 5.41) is 10.5. The minimum absolute atomic E-state index is 0.129. The highest BCUT2D eigenvalue weighted by molar-refractivity contribution is 9.10. The van der Waals surface area contributed by atoms with E-state index in [1.807, 2.05) is 12.1 Å². The van der Waals surface area contributed by atoms with Crippen molar-refractivity contribution in [1.82, 2.24) is 0 Å². The summed E-state index contributed by atoms with van der Waals surface area (Å²) in [6, 6.07) is 8.26. The molecule has 2 atom stereocenters. The Morgan fingerprint density at radius 2 is 2.05 bits per heavy atom. The topological polar surface area (TPSA) is 29.5 Å². The number of benzene rings is 1. The Hall–Kier alpha value is -0.380. The summed E-state index contributed by atoms with van der Waals surface area (Å²) < 4.78 is 7.02. The van der Waals surface area contributed by atoms with Crippen molar-refractivity contribution in [2.24, 2.45) is 5.92 Å². The second kappa shape index (κ2) is 5.55. The molecule has 2 nitrogen and oxygen atoms in total. The standard InChI is InChI=1S/C16H21BrO2/c17-14-4-2-12(3-5-14)10-15(18)13-6-9-19-16(11-13)7-1-8-16/h2-5,13,15,18H,1,6-11H2. The van der Waals surface area contributed by atoms with E-state index in [2.05, 4.69) is 28.1 Å². The lowest BCUT2D eigenvalue weighted by Crippen LogP contribution is -2.48. The van der Waals surface area contributed by atoms with Crippen LogP contribution in [-0.2, 0) is 11.2 Å². The van der Waals surface area contributed by atoms with Gasteiger partial charge in [-0.15, -0.1) is 0 Å². The lowest BCUT2D eigenvalue weighted by molar-refractivity contribution is -0.156. The van der Waals surface area contributed by atoms with Crippen LogP contribution in [0.1, 0.15) is 37.7 Å². The molecule has 3 rings (SSSR count). The molecule has 19 heavy (non-hydrogen) atoms. The number of rotatable bonds is 3. The number of aliphatic hydroxyl groups is 1. The predicted molar refractivity (Wildman–Crippen MR) is 79.1 cm³/mol. The van der Waals surface area contributed by atoms with Gasteiger partial charge in [0.05, 0.1) is 11.7 Å². The van der Waals surface area contributed by atoms with Gasteiger partial charge in [0.2, 0.25) is 0 Å². The molecule has 2 fully saturated rings. The maximum atomic E-state index is 10.5. The first-order valence-electron chi connectivity index (χ1n) is 7.23. The molecule has 1 aliphatic carbocycles. The minimum Gasteiger partial charge on any atom is -0.392 e. The van der Waals surface area contributed by atoms with Crippen LogP contribution < -0.4 is 0 Å². The molecule has 1 aromatic carbocycles. The van der Waals surface area contributed by atoms with Gasteiger partial charge in [-0.2, -0.15) is 0 Å². The van der Waals surface area contributed by atoms with Crippen molar-refractivity contribution in [1.29, 1.82) is 0 Å². The molecule has 1 heterocycles. The van der Waals surface area contributed by atoms with Gasteiger partial charge in [-0.05, 0) is 62.1 Å². The zero-order chi connectivity index (χ0) is 13.3. The minimum atomic E-state index is -0.234. The highest BCUT2D eigenvalue weighted by Crippen LogP contribution is 2.45. The molecule has 0 aromatic heterocycles. The molecular weight excluding hydrogens is 304 g/mol. The SMILES string of the molecule is OC(Cc1ccc(Br)cc1)C1CCOC2(CCC2)C1. The molecule has 1 aliphatic heterocycles. The fourth-order valence-corrected chi connectivity index (χ4v) is 3.61. The van der Waals surface area contributed by atoms with Crippen LogP contribution in [-0.4, -0.2) is 23.4 Å². The van der Waals surface area contributed by atoms with Crippen LogP contribution in [0.3, 0.4) is 0 Å². The molecule has 1 aromatic rings. The highest BCUT2D eigenvalue weighted by Gasteiger charge is 2.43.